The smallest absolute Gasteiger partial charge is 0.237 e. The van der Waals surface area contributed by atoms with Crippen LogP contribution in [0.1, 0.15) is 91.9 Å². The fourth-order valence-electron chi connectivity index (χ4n) is 3.05. The van der Waals surface area contributed by atoms with E-state index < -0.39 is 0 Å². The Morgan fingerprint density at radius 2 is 1.09 bits per heavy atom. The van der Waals surface area contributed by atoms with Gasteiger partial charge in [0, 0.05) is 26.1 Å². The summed E-state index contributed by atoms with van der Waals surface area (Å²) in [4.78, 5) is 12.8. The van der Waals surface area contributed by atoms with Gasteiger partial charge in [-0.1, -0.05) is 47.0 Å². The fraction of sp³-hybridized carbons (Fsp3) is 0.829. The maximum absolute atomic E-state index is 8.63. The average Bonchev–Trinajstić information content (AvgIpc) is 3.08. The van der Waals surface area contributed by atoms with Crippen molar-refractivity contribution in [1.29, 1.82) is 10.5 Å². The van der Waals surface area contributed by atoms with Gasteiger partial charge in [-0.25, -0.2) is 26.3 Å². The Hall–Kier alpha value is -3.26. The Morgan fingerprint density at radius 1 is 0.543 bits per heavy atom. The van der Waals surface area contributed by atoms with Gasteiger partial charge < -0.3 is 43.1 Å². The first-order valence-corrected chi connectivity index (χ1v) is 16.5. The highest BCUT2D eigenvalue weighted by Crippen LogP contribution is 2.11. The van der Waals surface area contributed by atoms with Gasteiger partial charge in [0.05, 0.1) is 57.5 Å². The lowest BCUT2D eigenvalue weighted by molar-refractivity contribution is -0.0573. The molecule has 0 aliphatic rings. The molecule has 0 aromatic carbocycles. The summed E-state index contributed by atoms with van der Waals surface area (Å²) in [5, 5.41) is 17.0. The minimum Gasteiger partial charge on any atom is -0.379 e. The molecule has 0 saturated carbocycles. The van der Waals surface area contributed by atoms with Crippen molar-refractivity contribution in [2.45, 2.75) is 98.0 Å². The van der Waals surface area contributed by atoms with Crippen LogP contribution in [-0.2, 0) is 23.7 Å². The van der Waals surface area contributed by atoms with Crippen LogP contribution in [0.15, 0.2) is 0 Å². The van der Waals surface area contributed by atoms with Crippen LogP contribution >= 0.6 is 0 Å². The van der Waals surface area contributed by atoms with Gasteiger partial charge in [-0.3, -0.25) is 0 Å². The molecule has 2 unspecified atom stereocenters. The van der Waals surface area contributed by atoms with Crippen molar-refractivity contribution in [2.75, 3.05) is 85.6 Å². The summed E-state index contributed by atoms with van der Waals surface area (Å²) in [5.41, 5.74) is 0. The third-order valence-corrected chi connectivity index (χ3v) is 5.49. The second-order valence-electron chi connectivity index (χ2n) is 9.77. The highest BCUT2D eigenvalue weighted by atomic mass is 16.6. The summed E-state index contributed by atoms with van der Waals surface area (Å²) in [6.07, 6.45) is 9.73. The van der Waals surface area contributed by atoms with Crippen LogP contribution in [0.4, 0.5) is 0 Å². The van der Waals surface area contributed by atoms with Gasteiger partial charge in [-0.05, 0) is 25.7 Å². The monoisotopic (exact) mass is 644 g/mol. The minimum absolute atomic E-state index is 0.112. The molecule has 0 heterocycles. The van der Waals surface area contributed by atoms with Gasteiger partial charge in [0.2, 0.25) is 26.2 Å². The van der Waals surface area contributed by atoms with E-state index in [0.717, 1.165) is 51.6 Å². The largest absolute Gasteiger partial charge is 0.379 e. The van der Waals surface area contributed by atoms with Gasteiger partial charge in [-0.15, -0.1) is 0 Å². The molecule has 0 aromatic rings. The summed E-state index contributed by atoms with van der Waals surface area (Å²) in [6, 6.07) is 4.24. The predicted octanol–water partition coefficient (Wildman–Crippen LogP) is 7.72. The zero-order valence-corrected chi connectivity index (χ0v) is 29.1. The van der Waals surface area contributed by atoms with Crippen LogP contribution in [0.3, 0.4) is 0 Å². The number of rotatable bonds is 26. The molecule has 0 saturated heterocycles. The zero-order valence-electron chi connectivity index (χ0n) is 29.1. The summed E-state index contributed by atoms with van der Waals surface area (Å²) >= 11 is 0. The molecule has 0 bridgehead atoms. The lowest BCUT2D eigenvalue weighted by Gasteiger charge is -2.17. The summed E-state index contributed by atoms with van der Waals surface area (Å²) < 4.78 is 26.4. The third-order valence-electron chi connectivity index (χ3n) is 5.49. The van der Waals surface area contributed by atoms with E-state index in [9.17, 15) is 0 Å². The van der Waals surface area contributed by atoms with Crippen LogP contribution in [0.25, 0.3) is 19.4 Å². The summed E-state index contributed by atoms with van der Waals surface area (Å²) in [6.45, 7) is 41.4. The van der Waals surface area contributed by atoms with Crippen LogP contribution in [0.5, 0.6) is 0 Å². The highest BCUT2D eigenvalue weighted by molar-refractivity contribution is 4.84. The maximum Gasteiger partial charge on any atom is 0.237 e. The molecule has 11 nitrogen and oxygen atoms in total. The third kappa shape index (κ3) is 53.3. The Kier molecular flexibility index (Phi) is 55.4. The Morgan fingerprint density at radius 3 is 1.59 bits per heavy atom. The standard InChI is InChI=1S/C12H20N2O3.C9H14N2.C8H15NO2.C6H11N/c1-3-7-17-12(10-15-8-4-5-13)11-16-9-6-14-2;1-3-4-5-9(8-10)6-7-11-2;1-3-5-10-7-8-11-6-4-9-2;1-3-4-5-6-7-2/h12H,3-4,6-11H2,1H3;9H,3-7H2,1H3;3-8H2,1H3;3-6H2,1H3. The van der Waals surface area contributed by atoms with E-state index in [0.29, 0.717) is 85.5 Å². The first-order chi connectivity index (χ1) is 22.5. The molecule has 0 aliphatic carbocycles. The van der Waals surface area contributed by atoms with Crippen molar-refractivity contribution in [3.8, 4) is 12.1 Å². The molecule has 11 heteroatoms. The van der Waals surface area contributed by atoms with E-state index in [1.807, 2.05) is 13.0 Å². The van der Waals surface area contributed by atoms with Crippen LogP contribution in [0.2, 0.25) is 0 Å². The van der Waals surface area contributed by atoms with E-state index in [4.69, 9.17) is 60.5 Å². The molecule has 0 rings (SSSR count). The maximum atomic E-state index is 8.63. The molecule has 2 atom stereocenters. The summed E-state index contributed by atoms with van der Waals surface area (Å²) in [7, 11) is 0. The first kappa shape index (κ1) is 49.6. The molecular formula is C35H60N6O5. The average molecular weight is 645 g/mol. The van der Waals surface area contributed by atoms with Crippen molar-refractivity contribution in [3.05, 3.63) is 45.7 Å². The highest BCUT2D eigenvalue weighted by Gasteiger charge is 2.10. The lowest BCUT2D eigenvalue weighted by atomic mass is 10.0. The molecule has 0 N–H and O–H groups in total. The van der Waals surface area contributed by atoms with E-state index in [2.05, 4.69) is 46.2 Å². The van der Waals surface area contributed by atoms with Crippen molar-refractivity contribution in [3.63, 3.8) is 0 Å². The molecular weight excluding hydrogens is 584 g/mol. The Labute approximate surface area is 281 Å². The molecule has 0 spiro atoms. The van der Waals surface area contributed by atoms with Crippen LogP contribution in [-0.4, -0.2) is 91.7 Å². The van der Waals surface area contributed by atoms with E-state index in [-0.39, 0.29) is 12.0 Å². The Bertz CT molecular complexity index is 826. The van der Waals surface area contributed by atoms with Crippen LogP contribution in [0, 0.1) is 54.9 Å². The van der Waals surface area contributed by atoms with Gasteiger partial charge >= 0.3 is 0 Å². The van der Waals surface area contributed by atoms with Crippen molar-refractivity contribution < 1.29 is 23.7 Å². The normalized spacial score (nSPS) is 10.6. The predicted molar refractivity (Wildman–Crippen MR) is 182 cm³/mol. The molecule has 0 radical (unpaired) electrons. The topological polar surface area (TPSA) is 111 Å². The van der Waals surface area contributed by atoms with Gasteiger partial charge in [-0.2, -0.15) is 10.5 Å². The Balaban J connectivity index is -0.000000268. The number of hydrogen-bond donors (Lipinski definition) is 0. The van der Waals surface area contributed by atoms with E-state index in [1.54, 1.807) is 0 Å². The minimum atomic E-state index is -0.112. The lowest BCUT2D eigenvalue weighted by Crippen LogP contribution is -2.27. The zero-order chi connectivity index (χ0) is 35.2. The van der Waals surface area contributed by atoms with Gasteiger partial charge in [0.1, 0.15) is 19.3 Å². The molecule has 0 amide bonds. The van der Waals surface area contributed by atoms with Crippen molar-refractivity contribution >= 4 is 0 Å². The van der Waals surface area contributed by atoms with Crippen molar-refractivity contribution in [2.24, 2.45) is 5.92 Å². The van der Waals surface area contributed by atoms with E-state index in [1.165, 1.54) is 12.8 Å². The van der Waals surface area contributed by atoms with E-state index >= 15 is 0 Å². The molecule has 0 aliphatic heterocycles. The quantitative estimate of drug-likeness (QED) is 0.0700. The molecule has 260 valence electrons. The van der Waals surface area contributed by atoms with Crippen LogP contribution < -0.4 is 0 Å². The number of ether oxygens (including phenoxy) is 5. The number of unbranched alkanes of at least 4 members (excludes halogenated alkanes) is 3. The first-order valence-electron chi connectivity index (χ1n) is 16.5. The molecule has 0 aromatic heterocycles. The second-order valence-corrected chi connectivity index (χ2v) is 9.77. The SMILES string of the molecule is [C-]#[N+]CCC(C#N)CCCC.[C-]#[N+]CCCCC.[C-]#[N+]CCOCC(COCCC#N)OCCC.[C-]#[N+]CCOCCOCCC. The van der Waals surface area contributed by atoms with Crippen molar-refractivity contribution in [1.82, 2.24) is 0 Å². The molecule has 0 fully saturated rings. The fourth-order valence-corrected chi connectivity index (χ4v) is 3.05. The summed E-state index contributed by atoms with van der Waals surface area (Å²) in [5.74, 6) is 0.115. The number of nitriles is 2. The molecule has 46 heavy (non-hydrogen) atoms. The second kappa shape index (κ2) is 51.3. The number of hydrogen-bond acceptors (Lipinski definition) is 7. The number of nitrogens with zero attached hydrogens (tertiary/aromatic N) is 6. The van der Waals surface area contributed by atoms with Gasteiger partial charge in [0.25, 0.3) is 0 Å². The van der Waals surface area contributed by atoms with Gasteiger partial charge in [0.15, 0.2) is 0 Å².